The highest BCUT2D eigenvalue weighted by molar-refractivity contribution is 8.00. The van der Waals surface area contributed by atoms with Gasteiger partial charge in [-0.2, -0.15) is 0 Å². The van der Waals surface area contributed by atoms with Crippen LogP contribution in [0.25, 0.3) is 0 Å². The standard InChI is InChI=1S/C16H26N2OS.ClH/c1-15(2,3)12-6-8-13(9-7-12)20-10-14(19)18-16(4,5)11-17;/h6-9H,10-11,17H2,1-5H3,(H,18,19);1H. The van der Waals surface area contributed by atoms with Crippen LogP contribution < -0.4 is 11.1 Å². The second kappa shape index (κ2) is 8.06. The number of carbonyl (C=O) groups excluding carboxylic acids is 1. The first kappa shape index (κ1) is 20.3. The van der Waals surface area contributed by atoms with Crippen LogP contribution in [0.5, 0.6) is 0 Å². The SMILES string of the molecule is CC(C)(CN)NC(=O)CSc1ccc(C(C)(C)C)cc1.Cl. The van der Waals surface area contributed by atoms with Gasteiger partial charge in [0.05, 0.1) is 5.75 Å². The van der Waals surface area contributed by atoms with Crippen LogP contribution in [0.1, 0.15) is 40.2 Å². The second-order valence-electron chi connectivity index (χ2n) is 6.70. The molecule has 1 rings (SSSR count). The van der Waals surface area contributed by atoms with Gasteiger partial charge in [0.1, 0.15) is 0 Å². The predicted octanol–water partition coefficient (Wildman–Crippen LogP) is 3.35. The largest absolute Gasteiger partial charge is 0.349 e. The molecule has 1 amide bonds. The molecule has 21 heavy (non-hydrogen) atoms. The topological polar surface area (TPSA) is 55.1 Å². The van der Waals surface area contributed by atoms with Crippen molar-refractivity contribution in [2.24, 2.45) is 5.73 Å². The van der Waals surface area contributed by atoms with Crippen molar-refractivity contribution in [3.8, 4) is 0 Å². The predicted molar refractivity (Wildman–Crippen MR) is 94.4 cm³/mol. The van der Waals surface area contributed by atoms with Crippen LogP contribution in [0.2, 0.25) is 0 Å². The van der Waals surface area contributed by atoms with E-state index < -0.39 is 0 Å². The molecule has 0 aliphatic rings. The van der Waals surface area contributed by atoms with Crippen LogP contribution >= 0.6 is 24.2 Å². The molecule has 0 saturated carbocycles. The van der Waals surface area contributed by atoms with Crippen molar-refractivity contribution >= 4 is 30.1 Å². The fourth-order valence-electron chi connectivity index (χ4n) is 1.66. The van der Waals surface area contributed by atoms with Gasteiger partial charge in [0.15, 0.2) is 0 Å². The number of rotatable bonds is 5. The number of amides is 1. The van der Waals surface area contributed by atoms with Crippen LogP contribution in [0.4, 0.5) is 0 Å². The van der Waals surface area contributed by atoms with Crippen molar-refractivity contribution in [2.45, 2.75) is 50.5 Å². The summed E-state index contributed by atoms with van der Waals surface area (Å²) in [4.78, 5) is 12.9. The molecule has 0 unspecified atom stereocenters. The van der Waals surface area contributed by atoms with Crippen LogP contribution in [0.15, 0.2) is 29.2 Å². The molecule has 3 N–H and O–H groups in total. The summed E-state index contributed by atoms with van der Waals surface area (Å²) >= 11 is 1.55. The number of hydrogen-bond donors (Lipinski definition) is 2. The number of benzene rings is 1. The Labute approximate surface area is 138 Å². The molecule has 0 aromatic heterocycles. The maximum atomic E-state index is 11.8. The van der Waals surface area contributed by atoms with Gasteiger partial charge >= 0.3 is 0 Å². The van der Waals surface area contributed by atoms with E-state index in [2.05, 4.69) is 50.4 Å². The lowest BCUT2D eigenvalue weighted by Gasteiger charge is -2.24. The first-order valence-corrected chi connectivity index (χ1v) is 7.87. The number of hydrogen-bond acceptors (Lipinski definition) is 3. The van der Waals surface area contributed by atoms with Crippen molar-refractivity contribution in [3.63, 3.8) is 0 Å². The highest BCUT2D eigenvalue weighted by Crippen LogP contribution is 2.25. The first-order valence-electron chi connectivity index (χ1n) is 6.88. The monoisotopic (exact) mass is 330 g/mol. The Kier molecular flexibility index (Phi) is 7.79. The zero-order chi connectivity index (χ0) is 15.4. The summed E-state index contributed by atoms with van der Waals surface area (Å²) in [7, 11) is 0. The van der Waals surface area contributed by atoms with E-state index in [1.807, 2.05) is 13.8 Å². The fourth-order valence-corrected chi connectivity index (χ4v) is 2.36. The molecule has 1 aromatic rings. The Balaban J connectivity index is 0.00000400. The lowest BCUT2D eigenvalue weighted by atomic mass is 9.87. The van der Waals surface area contributed by atoms with Gasteiger partial charge in [-0.1, -0.05) is 32.9 Å². The fraction of sp³-hybridized carbons (Fsp3) is 0.562. The van der Waals surface area contributed by atoms with E-state index in [0.717, 1.165) is 4.90 Å². The van der Waals surface area contributed by atoms with Gasteiger partial charge in [-0.3, -0.25) is 4.79 Å². The maximum Gasteiger partial charge on any atom is 0.230 e. The van der Waals surface area contributed by atoms with Crippen LogP contribution in [-0.2, 0) is 10.2 Å². The zero-order valence-corrected chi connectivity index (χ0v) is 15.2. The van der Waals surface area contributed by atoms with Gasteiger partial charge in [0.25, 0.3) is 0 Å². The summed E-state index contributed by atoms with van der Waals surface area (Å²) in [5.74, 6) is 0.434. The Hall–Kier alpha value is -0.710. The number of nitrogens with one attached hydrogen (secondary N) is 1. The summed E-state index contributed by atoms with van der Waals surface area (Å²) < 4.78 is 0. The average Bonchev–Trinajstić information content (AvgIpc) is 2.35. The second-order valence-corrected chi connectivity index (χ2v) is 7.75. The molecule has 0 aliphatic heterocycles. The Bertz CT molecular complexity index is 452. The summed E-state index contributed by atoms with van der Waals surface area (Å²) in [5.41, 5.74) is 6.72. The highest BCUT2D eigenvalue weighted by atomic mass is 35.5. The normalized spacial score (nSPS) is 11.7. The quantitative estimate of drug-likeness (QED) is 0.814. The molecule has 0 atom stereocenters. The summed E-state index contributed by atoms with van der Waals surface area (Å²) in [5, 5.41) is 2.93. The van der Waals surface area contributed by atoms with E-state index in [-0.39, 0.29) is 29.3 Å². The van der Waals surface area contributed by atoms with Gasteiger partial charge in [0, 0.05) is 17.0 Å². The van der Waals surface area contributed by atoms with Gasteiger partial charge in [-0.15, -0.1) is 24.2 Å². The van der Waals surface area contributed by atoms with Gasteiger partial charge in [0.2, 0.25) is 5.91 Å². The molecule has 0 spiro atoms. The molecular formula is C16H27ClN2OS. The lowest BCUT2D eigenvalue weighted by Crippen LogP contribution is -2.49. The van der Waals surface area contributed by atoms with E-state index in [4.69, 9.17) is 5.73 Å². The molecule has 0 aliphatic carbocycles. The van der Waals surface area contributed by atoms with Crippen molar-refractivity contribution in [1.29, 1.82) is 0 Å². The first-order chi connectivity index (χ1) is 9.14. The maximum absolute atomic E-state index is 11.8. The van der Waals surface area contributed by atoms with E-state index >= 15 is 0 Å². The van der Waals surface area contributed by atoms with E-state index in [0.29, 0.717) is 12.3 Å². The van der Waals surface area contributed by atoms with Crippen LogP contribution in [-0.4, -0.2) is 23.7 Å². The molecule has 5 heteroatoms. The molecule has 0 radical (unpaired) electrons. The molecule has 0 fully saturated rings. The number of nitrogens with two attached hydrogens (primary N) is 1. The minimum absolute atomic E-state index is 0. The summed E-state index contributed by atoms with van der Waals surface area (Å²) in [6.07, 6.45) is 0. The van der Waals surface area contributed by atoms with E-state index in [1.54, 1.807) is 11.8 Å². The Morgan fingerprint density at radius 1 is 1.14 bits per heavy atom. The molecule has 3 nitrogen and oxygen atoms in total. The zero-order valence-electron chi connectivity index (χ0n) is 13.5. The number of thioether (sulfide) groups is 1. The third-order valence-corrected chi connectivity index (χ3v) is 4.09. The Morgan fingerprint density at radius 2 is 1.67 bits per heavy atom. The van der Waals surface area contributed by atoms with Crippen LogP contribution in [0, 0.1) is 0 Å². The molecule has 0 heterocycles. The van der Waals surface area contributed by atoms with Gasteiger partial charge in [-0.05, 0) is 37.0 Å². The van der Waals surface area contributed by atoms with Crippen LogP contribution in [0.3, 0.4) is 0 Å². The van der Waals surface area contributed by atoms with Crippen molar-refractivity contribution in [2.75, 3.05) is 12.3 Å². The Morgan fingerprint density at radius 3 is 2.10 bits per heavy atom. The molecule has 0 saturated heterocycles. The smallest absolute Gasteiger partial charge is 0.230 e. The number of carbonyl (C=O) groups is 1. The summed E-state index contributed by atoms with van der Waals surface area (Å²) in [6.45, 7) is 10.9. The van der Waals surface area contributed by atoms with E-state index in [1.165, 1.54) is 5.56 Å². The minimum atomic E-state index is -0.340. The molecular weight excluding hydrogens is 304 g/mol. The van der Waals surface area contributed by atoms with Crippen molar-refractivity contribution < 1.29 is 4.79 Å². The van der Waals surface area contributed by atoms with Gasteiger partial charge < -0.3 is 11.1 Å². The lowest BCUT2D eigenvalue weighted by molar-refractivity contribution is -0.120. The van der Waals surface area contributed by atoms with Crippen molar-refractivity contribution in [3.05, 3.63) is 29.8 Å². The summed E-state index contributed by atoms with van der Waals surface area (Å²) in [6, 6.07) is 8.41. The molecule has 120 valence electrons. The third-order valence-electron chi connectivity index (χ3n) is 3.08. The molecule has 0 bridgehead atoms. The van der Waals surface area contributed by atoms with Crippen molar-refractivity contribution in [1.82, 2.24) is 5.32 Å². The minimum Gasteiger partial charge on any atom is -0.349 e. The number of halogens is 1. The third kappa shape index (κ3) is 7.21. The molecule has 1 aromatic carbocycles. The van der Waals surface area contributed by atoms with E-state index in [9.17, 15) is 4.79 Å². The average molecular weight is 331 g/mol. The highest BCUT2D eigenvalue weighted by Gasteiger charge is 2.18. The van der Waals surface area contributed by atoms with Gasteiger partial charge in [-0.25, -0.2) is 0 Å².